The molecule has 4 amide bonds. The summed E-state index contributed by atoms with van der Waals surface area (Å²) >= 11 is 0. The minimum absolute atomic E-state index is 0.0316. The van der Waals surface area contributed by atoms with Crippen molar-refractivity contribution < 1.29 is 14.4 Å². The summed E-state index contributed by atoms with van der Waals surface area (Å²) in [5.41, 5.74) is 1.01. The predicted octanol–water partition coefficient (Wildman–Crippen LogP) is -0.201. The predicted molar refractivity (Wildman–Crippen MR) is 78.9 cm³/mol. The zero-order valence-electron chi connectivity index (χ0n) is 12.8. The van der Waals surface area contributed by atoms with Crippen LogP contribution in [0.2, 0.25) is 0 Å². The highest BCUT2D eigenvalue weighted by Gasteiger charge is 2.38. The molecule has 120 valence electrons. The lowest BCUT2D eigenvalue weighted by molar-refractivity contribution is -0.130. The van der Waals surface area contributed by atoms with Gasteiger partial charge in [0.05, 0.1) is 6.42 Å². The molecule has 1 atom stereocenters. The number of rotatable bonds is 7. The van der Waals surface area contributed by atoms with E-state index in [-0.39, 0.29) is 18.2 Å². The van der Waals surface area contributed by atoms with Gasteiger partial charge in [0.1, 0.15) is 6.04 Å². The van der Waals surface area contributed by atoms with Crippen LogP contribution in [-0.2, 0) is 23.1 Å². The third kappa shape index (κ3) is 3.63. The van der Waals surface area contributed by atoms with Gasteiger partial charge >= 0.3 is 6.03 Å². The van der Waals surface area contributed by atoms with E-state index >= 15 is 0 Å². The number of hydrogen-bond acceptors (Lipinski definition) is 4. The largest absolute Gasteiger partial charge is 0.356 e. The maximum atomic E-state index is 12.0. The Kier molecular flexibility index (Phi) is 5.13. The Bertz CT molecular complexity index is 569. The van der Waals surface area contributed by atoms with Gasteiger partial charge in [0.2, 0.25) is 5.91 Å². The molecule has 0 saturated carbocycles. The standard InChI is InChI=1S/C14H21N5O3/c1-3-8-19-13(21)11(17-14(19)22)9-12(20)15-6-4-10-5-7-16-18(10)2/h5,7,11H,3-4,6,8-9H2,1-2H3,(H,15,20)(H,17,22)/t11-/m0/s1. The summed E-state index contributed by atoms with van der Waals surface area (Å²) < 4.78 is 1.75. The first kappa shape index (κ1) is 16.0. The molecule has 2 heterocycles. The fourth-order valence-corrected chi connectivity index (χ4v) is 2.38. The number of imide groups is 1. The molecule has 1 saturated heterocycles. The van der Waals surface area contributed by atoms with Crippen LogP contribution in [0.3, 0.4) is 0 Å². The van der Waals surface area contributed by atoms with Crippen LogP contribution in [0, 0.1) is 0 Å². The van der Waals surface area contributed by atoms with E-state index in [4.69, 9.17) is 0 Å². The summed E-state index contributed by atoms with van der Waals surface area (Å²) in [6.07, 6.45) is 3.03. The van der Waals surface area contributed by atoms with E-state index in [1.54, 1.807) is 10.9 Å². The van der Waals surface area contributed by atoms with Gasteiger partial charge in [0, 0.05) is 38.4 Å². The lowest BCUT2D eigenvalue weighted by Crippen LogP contribution is -2.37. The molecule has 0 unspecified atom stereocenters. The molecule has 2 rings (SSSR count). The molecule has 1 aliphatic rings. The summed E-state index contributed by atoms with van der Waals surface area (Å²) in [6.45, 7) is 2.73. The van der Waals surface area contributed by atoms with Crippen molar-refractivity contribution in [2.45, 2.75) is 32.2 Å². The summed E-state index contributed by atoms with van der Waals surface area (Å²) in [4.78, 5) is 36.7. The molecule has 1 aromatic heterocycles. The number of urea groups is 1. The Balaban J connectivity index is 1.76. The van der Waals surface area contributed by atoms with Crippen LogP contribution in [0.25, 0.3) is 0 Å². The summed E-state index contributed by atoms with van der Waals surface area (Å²) in [5.74, 6) is -0.576. The van der Waals surface area contributed by atoms with Gasteiger partial charge in [0.25, 0.3) is 5.91 Å². The van der Waals surface area contributed by atoms with Crippen LogP contribution in [0.5, 0.6) is 0 Å². The third-order valence-corrected chi connectivity index (χ3v) is 3.57. The van der Waals surface area contributed by atoms with E-state index in [1.807, 2.05) is 20.0 Å². The zero-order chi connectivity index (χ0) is 16.1. The SMILES string of the molecule is CCCN1C(=O)N[C@@H](CC(=O)NCCc2ccnn2C)C1=O. The normalized spacial score (nSPS) is 17.7. The number of nitrogens with one attached hydrogen (secondary N) is 2. The maximum Gasteiger partial charge on any atom is 0.324 e. The van der Waals surface area contributed by atoms with Gasteiger partial charge in [0.15, 0.2) is 0 Å². The van der Waals surface area contributed by atoms with Crippen molar-refractivity contribution in [3.63, 3.8) is 0 Å². The number of carbonyl (C=O) groups excluding carboxylic acids is 3. The fraction of sp³-hybridized carbons (Fsp3) is 0.571. The minimum atomic E-state index is -0.754. The average Bonchev–Trinajstić information content (AvgIpc) is 2.98. The van der Waals surface area contributed by atoms with Crippen LogP contribution in [0.1, 0.15) is 25.5 Å². The Labute approximate surface area is 128 Å². The van der Waals surface area contributed by atoms with Crippen molar-refractivity contribution in [2.75, 3.05) is 13.1 Å². The number of aryl methyl sites for hydroxylation is 1. The monoisotopic (exact) mass is 307 g/mol. The van der Waals surface area contributed by atoms with E-state index in [0.29, 0.717) is 25.9 Å². The second kappa shape index (κ2) is 7.06. The maximum absolute atomic E-state index is 12.0. The highest BCUT2D eigenvalue weighted by molar-refractivity contribution is 6.05. The summed E-state index contributed by atoms with van der Waals surface area (Å²) in [6, 6.07) is 0.713. The van der Waals surface area contributed by atoms with Crippen molar-refractivity contribution in [3.8, 4) is 0 Å². The van der Waals surface area contributed by atoms with E-state index < -0.39 is 12.1 Å². The fourth-order valence-electron chi connectivity index (χ4n) is 2.38. The molecule has 8 nitrogen and oxygen atoms in total. The Hall–Kier alpha value is -2.38. The summed E-state index contributed by atoms with van der Waals surface area (Å²) in [7, 11) is 1.84. The molecule has 0 spiro atoms. The topological polar surface area (TPSA) is 96.3 Å². The van der Waals surface area contributed by atoms with Gasteiger partial charge in [-0.25, -0.2) is 4.79 Å². The van der Waals surface area contributed by atoms with E-state index in [0.717, 1.165) is 10.6 Å². The van der Waals surface area contributed by atoms with Crippen LogP contribution < -0.4 is 10.6 Å². The molecule has 1 aliphatic heterocycles. The van der Waals surface area contributed by atoms with Crippen LogP contribution in [-0.4, -0.2) is 51.7 Å². The van der Waals surface area contributed by atoms with E-state index in [1.165, 1.54) is 0 Å². The first-order chi connectivity index (χ1) is 10.5. The Morgan fingerprint density at radius 1 is 1.45 bits per heavy atom. The molecule has 2 N–H and O–H groups in total. The minimum Gasteiger partial charge on any atom is -0.356 e. The van der Waals surface area contributed by atoms with Crippen molar-refractivity contribution in [3.05, 3.63) is 18.0 Å². The highest BCUT2D eigenvalue weighted by Crippen LogP contribution is 2.10. The van der Waals surface area contributed by atoms with Crippen LogP contribution in [0.4, 0.5) is 4.79 Å². The van der Waals surface area contributed by atoms with Crippen LogP contribution in [0.15, 0.2) is 12.3 Å². The molecule has 0 aliphatic carbocycles. The number of nitrogens with zero attached hydrogens (tertiary/aromatic N) is 3. The molecule has 0 bridgehead atoms. The van der Waals surface area contributed by atoms with Gasteiger partial charge in [-0.3, -0.25) is 19.2 Å². The first-order valence-corrected chi connectivity index (χ1v) is 7.38. The lowest BCUT2D eigenvalue weighted by Gasteiger charge is -2.11. The van der Waals surface area contributed by atoms with Crippen molar-refractivity contribution in [1.29, 1.82) is 0 Å². The zero-order valence-corrected chi connectivity index (χ0v) is 12.8. The quantitative estimate of drug-likeness (QED) is 0.682. The van der Waals surface area contributed by atoms with E-state index in [9.17, 15) is 14.4 Å². The molecule has 0 radical (unpaired) electrons. The van der Waals surface area contributed by atoms with Crippen LogP contribution >= 0.6 is 0 Å². The van der Waals surface area contributed by atoms with Gasteiger partial charge in [-0.05, 0) is 12.5 Å². The molecule has 0 aromatic carbocycles. The lowest BCUT2D eigenvalue weighted by atomic mass is 10.2. The molecular weight excluding hydrogens is 286 g/mol. The molecule has 22 heavy (non-hydrogen) atoms. The van der Waals surface area contributed by atoms with Crippen molar-refractivity contribution in [2.24, 2.45) is 7.05 Å². The number of hydrogen-bond donors (Lipinski definition) is 2. The van der Waals surface area contributed by atoms with Gasteiger partial charge in [-0.15, -0.1) is 0 Å². The second-order valence-electron chi connectivity index (χ2n) is 5.24. The third-order valence-electron chi connectivity index (χ3n) is 3.57. The smallest absolute Gasteiger partial charge is 0.324 e. The molecule has 8 heteroatoms. The van der Waals surface area contributed by atoms with Gasteiger partial charge < -0.3 is 10.6 Å². The van der Waals surface area contributed by atoms with Gasteiger partial charge in [-0.1, -0.05) is 6.92 Å². The number of aromatic nitrogens is 2. The molecular formula is C14H21N5O3. The average molecular weight is 307 g/mol. The van der Waals surface area contributed by atoms with E-state index in [2.05, 4.69) is 15.7 Å². The Morgan fingerprint density at radius 3 is 2.86 bits per heavy atom. The van der Waals surface area contributed by atoms with Crippen molar-refractivity contribution >= 4 is 17.8 Å². The van der Waals surface area contributed by atoms with Gasteiger partial charge in [-0.2, -0.15) is 5.10 Å². The Morgan fingerprint density at radius 2 is 2.23 bits per heavy atom. The summed E-state index contributed by atoms with van der Waals surface area (Å²) in [5, 5.41) is 9.35. The second-order valence-corrected chi connectivity index (χ2v) is 5.24. The molecule has 1 aromatic rings. The first-order valence-electron chi connectivity index (χ1n) is 7.38. The highest BCUT2D eigenvalue weighted by atomic mass is 16.2. The number of amides is 4. The van der Waals surface area contributed by atoms with Crippen molar-refractivity contribution in [1.82, 2.24) is 25.3 Å². The molecule has 1 fully saturated rings. The number of carbonyl (C=O) groups is 3.